The van der Waals surface area contributed by atoms with Crippen LogP contribution in [0.5, 0.6) is 11.5 Å². The van der Waals surface area contributed by atoms with Crippen molar-refractivity contribution in [2.24, 2.45) is 0 Å². The lowest BCUT2D eigenvalue weighted by Gasteiger charge is -2.29. The van der Waals surface area contributed by atoms with Gasteiger partial charge in [-0.25, -0.2) is 4.98 Å². The summed E-state index contributed by atoms with van der Waals surface area (Å²) in [4.78, 5) is 22.1. The van der Waals surface area contributed by atoms with E-state index in [9.17, 15) is 4.79 Å². The van der Waals surface area contributed by atoms with Crippen molar-refractivity contribution in [1.82, 2.24) is 14.8 Å². The summed E-state index contributed by atoms with van der Waals surface area (Å²) in [6.45, 7) is 4.76. The van der Waals surface area contributed by atoms with Crippen molar-refractivity contribution < 1.29 is 14.3 Å². The van der Waals surface area contributed by atoms with Crippen molar-refractivity contribution in [2.75, 3.05) is 33.4 Å². The predicted molar refractivity (Wildman–Crippen MR) is 126 cm³/mol. The zero-order chi connectivity index (χ0) is 22.1. The van der Waals surface area contributed by atoms with Crippen LogP contribution in [0.3, 0.4) is 0 Å². The molecule has 2 atom stereocenters. The fourth-order valence-electron chi connectivity index (χ4n) is 4.52. The summed E-state index contributed by atoms with van der Waals surface area (Å²) >= 11 is 1.66. The third-order valence-electron chi connectivity index (χ3n) is 6.50. The summed E-state index contributed by atoms with van der Waals surface area (Å²) in [5, 5.41) is 0.975. The molecule has 2 aromatic carbocycles. The number of benzene rings is 2. The molecule has 6 nitrogen and oxygen atoms in total. The monoisotopic (exact) mass is 451 g/mol. The summed E-state index contributed by atoms with van der Waals surface area (Å²) in [6, 6.07) is 14.5. The first-order valence-electron chi connectivity index (χ1n) is 11.3. The number of amides is 1. The van der Waals surface area contributed by atoms with Gasteiger partial charge in [0.1, 0.15) is 5.01 Å². The van der Waals surface area contributed by atoms with Crippen LogP contribution in [-0.2, 0) is 4.79 Å². The molecule has 0 radical (unpaired) electrons. The summed E-state index contributed by atoms with van der Waals surface area (Å²) in [7, 11) is 1.89. The van der Waals surface area contributed by atoms with E-state index in [1.54, 1.807) is 11.3 Å². The van der Waals surface area contributed by atoms with Crippen molar-refractivity contribution in [1.29, 1.82) is 0 Å². The number of likely N-dealkylation sites (N-methyl/N-ethyl adjacent to an activating group) is 1. The lowest BCUT2D eigenvalue weighted by atomic mass is 10.0. The normalized spacial score (nSPS) is 19.6. The van der Waals surface area contributed by atoms with Crippen molar-refractivity contribution in [3.8, 4) is 11.5 Å². The van der Waals surface area contributed by atoms with Gasteiger partial charge in [0, 0.05) is 19.5 Å². The van der Waals surface area contributed by atoms with Crippen LogP contribution in [0.4, 0.5) is 0 Å². The van der Waals surface area contributed by atoms with Crippen LogP contribution in [0, 0.1) is 0 Å². The zero-order valence-corrected chi connectivity index (χ0v) is 19.4. The SMILES string of the molecule is C[C@H](c1nc2ccccc2s1)N(C)C(=O)CN1CCC[C@@H]1c1ccc2c(c1)OCCCO2. The van der Waals surface area contributed by atoms with Gasteiger partial charge >= 0.3 is 0 Å². The third kappa shape index (κ3) is 4.19. The van der Waals surface area contributed by atoms with Crippen LogP contribution in [-0.4, -0.2) is 54.0 Å². The molecule has 168 valence electrons. The molecular formula is C25H29N3O3S. The Labute approximate surface area is 192 Å². The number of para-hydroxylation sites is 1. The topological polar surface area (TPSA) is 54.9 Å². The summed E-state index contributed by atoms with van der Waals surface area (Å²) in [5.41, 5.74) is 2.19. The predicted octanol–water partition coefficient (Wildman–Crippen LogP) is 4.81. The van der Waals surface area contributed by atoms with Gasteiger partial charge in [-0.3, -0.25) is 9.69 Å². The van der Waals surface area contributed by atoms with Gasteiger partial charge in [-0.2, -0.15) is 0 Å². The number of fused-ring (bicyclic) bond motifs is 2. The van der Waals surface area contributed by atoms with Crippen molar-refractivity contribution in [2.45, 2.75) is 38.3 Å². The Bertz CT molecular complexity index is 1080. The second-order valence-electron chi connectivity index (χ2n) is 8.59. The van der Waals surface area contributed by atoms with Gasteiger partial charge < -0.3 is 14.4 Å². The quantitative estimate of drug-likeness (QED) is 0.557. The van der Waals surface area contributed by atoms with E-state index in [-0.39, 0.29) is 18.0 Å². The van der Waals surface area contributed by atoms with E-state index >= 15 is 0 Å². The van der Waals surface area contributed by atoms with E-state index in [4.69, 9.17) is 14.5 Å². The van der Waals surface area contributed by atoms with Crippen LogP contribution in [0.25, 0.3) is 10.2 Å². The van der Waals surface area contributed by atoms with Crippen LogP contribution >= 0.6 is 11.3 Å². The van der Waals surface area contributed by atoms with Crippen LogP contribution in [0.2, 0.25) is 0 Å². The van der Waals surface area contributed by atoms with Crippen molar-refractivity contribution >= 4 is 27.5 Å². The molecule has 2 aliphatic rings. The number of aromatic nitrogens is 1. The average molecular weight is 452 g/mol. The first kappa shape index (κ1) is 21.2. The van der Waals surface area contributed by atoms with Gasteiger partial charge in [-0.15, -0.1) is 11.3 Å². The fourth-order valence-corrected chi connectivity index (χ4v) is 5.58. The molecule has 0 saturated carbocycles. The first-order valence-corrected chi connectivity index (χ1v) is 12.2. The fraction of sp³-hybridized carbons (Fsp3) is 0.440. The number of ether oxygens (including phenoxy) is 2. The number of rotatable bonds is 5. The second-order valence-corrected chi connectivity index (χ2v) is 9.65. The lowest BCUT2D eigenvalue weighted by molar-refractivity contribution is -0.133. The molecule has 0 N–H and O–H groups in total. The lowest BCUT2D eigenvalue weighted by Crippen LogP contribution is -2.39. The molecule has 1 saturated heterocycles. The highest BCUT2D eigenvalue weighted by molar-refractivity contribution is 7.18. The molecule has 1 amide bonds. The van der Waals surface area contributed by atoms with Crippen LogP contribution < -0.4 is 9.47 Å². The Hall–Kier alpha value is -2.64. The molecule has 3 heterocycles. The Morgan fingerprint density at radius 3 is 2.84 bits per heavy atom. The molecule has 2 aliphatic heterocycles. The molecule has 0 bridgehead atoms. The number of hydrogen-bond donors (Lipinski definition) is 0. The van der Waals surface area contributed by atoms with E-state index in [0.29, 0.717) is 19.8 Å². The maximum Gasteiger partial charge on any atom is 0.237 e. The summed E-state index contributed by atoms with van der Waals surface area (Å²) in [5.74, 6) is 1.76. The Morgan fingerprint density at radius 2 is 2.00 bits per heavy atom. The minimum Gasteiger partial charge on any atom is -0.490 e. The largest absolute Gasteiger partial charge is 0.490 e. The number of thiazole rings is 1. The minimum atomic E-state index is -0.0565. The van der Waals surface area contributed by atoms with Gasteiger partial charge in [-0.1, -0.05) is 18.2 Å². The standard InChI is InChI=1S/C25H29N3O3S/c1-17(25-26-19-7-3-4-9-23(19)32-25)27(2)24(29)16-28-12-5-8-20(28)18-10-11-21-22(15-18)31-14-6-13-30-21/h3-4,7,9-11,15,17,20H,5-6,8,12-14,16H2,1-2H3/t17-,20-/m1/s1. The van der Waals surface area contributed by atoms with Crippen molar-refractivity contribution in [3.05, 3.63) is 53.0 Å². The second kappa shape index (κ2) is 9.08. The Morgan fingerprint density at radius 1 is 1.19 bits per heavy atom. The number of carbonyl (C=O) groups excluding carboxylic acids is 1. The number of likely N-dealkylation sites (tertiary alicyclic amines) is 1. The highest BCUT2D eigenvalue weighted by Crippen LogP contribution is 2.38. The molecule has 5 rings (SSSR count). The number of nitrogens with zero attached hydrogens (tertiary/aromatic N) is 3. The molecule has 0 aliphatic carbocycles. The molecular weight excluding hydrogens is 422 g/mol. The van der Waals surface area contributed by atoms with Gasteiger partial charge in [0.05, 0.1) is 36.0 Å². The summed E-state index contributed by atoms with van der Waals surface area (Å²) < 4.78 is 12.8. The van der Waals surface area contributed by atoms with Crippen molar-refractivity contribution in [3.63, 3.8) is 0 Å². The maximum atomic E-state index is 13.2. The highest BCUT2D eigenvalue weighted by Gasteiger charge is 2.30. The molecule has 1 fully saturated rings. The zero-order valence-electron chi connectivity index (χ0n) is 18.6. The average Bonchev–Trinajstić information content (AvgIpc) is 3.38. The smallest absolute Gasteiger partial charge is 0.237 e. The van der Waals surface area contributed by atoms with Gasteiger partial charge in [0.25, 0.3) is 0 Å². The summed E-state index contributed by atoms with van der Waals surface area (Å²) in [6.07, 6.45) is 3.03. The van der Waals surface area contributed by atoms with E-state index in [1.165, 1.54) is 5.56 Å². The van der Waals surface area contributed by atoms with E-state index in [2.05, 4.69) is 30.0 Å². The van der Waals surface area contributed by atoms with Gasteiger partial charge in [0.2, 0.25) is 5.91 Å². The van der Waals surface area contributed by atoms with Crippen LogP contribution in [0.15, 0.2) is 42.5 Å². The molecule has 0 unspecified atom stereocenters. The number of hydrogen-bond acceptors (Lipinski definition) is 6. The minimum absolute atomic E-state index is 0.0565. The van der Waals surface area contributed by atoms with Gasteiger partial charge in [-0.05, 0) is 56.1 Å². The first-order chi connectivity index (χ1) is 15.6. The molecule has 0 spiro atoms. The van der Waals surface area contributed by atoms with E-state index in [0.717, 1.165) is 52.5 Å². The third-order valence-corrected chi connectivity index (χ3v) is 7.71. The van der Waals surface area contributed by atoms with E-state index in [1.807, 2.05) is 36.2 Å². The molecule has 1 aromatic heterocycles. The molecule has 7 heteroatoms. The maximum absolute atomic E-state index is 13.2. The molecule has 32 heavy (non-hydrogen) atoms. The van der Waals surface area contributed by atoms with Crippen LogP contribution in [0.1, 0.15) is 48.8 Å². The highest BCUT2D eigenvalue weighted by atomic mass is 32.1. The Kier molecular flexibility index (Phi) is 6.02. The van der Waals surface area contributed by atoms with E-state index < -0.39 is 0 Å². The molecule has 3 aromatic rings. The Balaban J connectivity index is 1.28. The number of carbonyl (C=O) groups is 1. The van der Waals surface area contributed by atoms with Gasteiger partial charge in [0.15, 0.2) is 11.5 Å².